The van der Waals surface area contributed by atoms with Crippen LogP contribution in [0, 0.1) is 11.8 Å². The Kier molecular flexibility index (Phi) is 18.8. The Labute approximate surface area is 151 Å². The van der Waals surface area contributed by atoms with Gasteiger partial charge in [-0.1, -0.05) is 92.2 Å². The summed E-state index contributed by atoms with van der Waals surface area (Å²) in [6.07, 6.45) is 11.0. The Morgan fingerprint density at radius 1 is 1.09 bits per heavy atom. The molecule has 4 atom stereocenters. The first kappa shape index (κ1) is 25.4. The highest BCUT2D eigenvalue weighted by atomic mass is 31.1. The summed E-state index contributed by atoms with van der Waals surface area (Å²) in [4.78, 5) is 0. The molecule has 1 aliphatic carbocycles. The zero-order valence-electron chi connectivity index (χ0n) is 17.9. The van der Waals surface area contributed by atoms with E-state index in [2.05, 4.69) is 48.2 Å². The maximum atomic E-state index is 2.46. The van der Waals surface area contributed by atoms with Crippen LogP contribution in [0.5, 0.6) is 0 Å². The van der Waals surface area contributed by atoms with Gasteiger partial charge in [0.2, 0.25) is 0 Å². The van der Waals surface area contributed by atoms with Crippen LogP contribution in [0.1, 0.15) is 107 Å². The average Bonchev–Trinajstić information content (AvgIpc) is 3.00. The first-order valence-electron chi connectivity index (χ1n) is 10.4. The minimum Gasteiger partial charge on any atom is -0.122 e. The Morgan fingerprint density at radius 3 is 1.96 bits per heavy atom. The summed E-state index contributed by atoms with van der Waals surface area (Å²) < 4.78 is 0. The van der Waals surface area contributed by atoms with Crippen molar-refractivity contribution >= 4 is 8.58 Å². The number of rotatable bonds is 7. The van der Waals surface area contributed by atoms with Crippen LogP contribution >= 0.6 is 8.58 Å². The molecule has 0 saturated heterocycles. The third-order valence-corrected chi connectivity index (χ3v) is 6.48. The van der Waals surface area contributed by atoms with E-state index in [1.54, 1.807) is 0 Å². The molecule has 1 heteroatoms. The Balaban J connectivity index is 0. The Hall–Kier alpha value is 0.170. The normalized spacial score (nSPS) is 22.0. The third kappa shape index (κ3) is 10.6. The maximum Gasteiger partial charge on any atom is -0.0166 e. The van der Waals surface area contributed by atoms with Gasteiger partial charge in [0.25, 0.3) is 0 Å². The van der Waals surface area contributed by atoms with E-state index in [0.717, 1.165) is 26.1 Å². The van der Waals surface area contributed by atoms with Gasteiger partial charge in [-0.15, -0.1) is 8.58 Å². The summed E-state index contributed by atoms with van der Waals surface area (Å²) in [6.45, 7) is 20.4. The number of hydrogen-bond donors (Lipinski definition) is 0. The van der Waals surface area contributed by atoms with Gasteiger partial charge in [0, 0.05) is 0 Å². The molecule has 0 nitrogen and oxygen atoms in total. The lowest BCUT2D eigenvalue weighted by Gasteiger charge is -2.25. The van der Waals surface area contributed by atoms with Crippen molar-refractivity contribution in [2.75, 3.05) is 6.66 Å². The van der Waals surface area contributed by atoms with Crippen LogP contribution < -0.4 is 0 Å². The summed E-state index contributed by atoms with van der Waals surface area (Å²) in [6, 6.07) is 0. The largest absolute Gasteiger partial charge is 0.122 e. The lowest BCUT2D eigenvalue weighted by molar-refractivity contribution is 0.596. The molecule has 0 aliphatic heterocycles. The molecule has 0 amide bonds. The fraction of sp³-hybridized carbons (Fsp3) is 0.909. The van der Waals surface area contributed by atoms with E-state index in [4.69, 9.17) is 0 Å². The summed E-state index contributed by atoms with van der Waals surface area (Å²) in [5.74, 6) is 1.69. The molecule has 1 aliphatic rings. The molecule has 0 radical (unpaired) electrons. The van der Waals surface area contributed by atoms with E-state index in [-0.39, 0.29) is 0 Å². The minimum atomic E-state index is 0.818. The van der Waals surface area contributed by atoms with Crippen LogP contribution in [-0.4, -0.2) is 12.3 Å². The Bertz CT molecular complexity index is 278. The molecular weight excluding hydrogens is 295 g/mol. The molecule has 23 heavy (non-hydrogen) atoms. The van der Waals surface area contributed by atoms with Crippen molar-refractivity contribution in [1.29, 1.82) is 0 Å². The molecule has 0 aromatic carbocycles. The molecule has 1 rings (SSSR count). The third-order valence-electron chi connectivity index (χ3n) is 5.07. The molecule has 2 unspecified atom stereocenters. The highest BCUT2D eigenvalue weighted by Crippen LogP contribution is 2.39. The van der Waals surface area contributed by atoms with Gasteiger partial charge < -0.3 is 0 Å². The van der Waals surface area contributed by atoms with Crippen molar-refractivity contribution in [2.24, 2.45) is 11.8 Å². The first-order chi connectivity index (χ1) is 11.0. The number of unbranched alkanes of at least 4 members (excludes halogenated alkanes) is 2. The lowest BCUT2D eigenvalue weighted by Crippen LogP contribution is -2.14. The van der Waals surface area contributed by atoms with E-state index in [0.29, 0.717) is 0 Å². The molecule has 0 N–H and O–H groups in total. The lowest BCUT2D eigenvalue weighted by atomic mass is 9.86. The predicted molar refractivity (Wildman–Crippen MR) is 114 cm³/mol. The van der Waals surface area contributed by atoms with Crippen LogP contribution in [0.15, 0.2) is 11.1 Å². The van der Waals surface area contributed by atoms with Crippen molar-refractivity contribution in [3.05, 3.63) is 11.1 Å². The van der Waals surface area contributed by atoms with Gasteiger partial charge in [0.05, 0.1) is 0 Å². The molecule has 0 aromatic rings. The minimum absolute atomic E-state index is 0.818. The van der Waals surface area contributed by atoms with Crippen molar-refractivity contribution in [1.82, 2.24) is 0 Å². The van der Waals surface area contributed by atoms with E-state index in [1.807, 2.05) is 25.0 Å². The van der Waals surface area contributed by atoms with Gasteiger partial charge in [-0.2, -0.15) is 0 Å². The fourth-order valence-electron chi connectivity index (χ4n) is 3.35. The zero-order chi connectivity index (χ0) is 18.3. The molecular formula is C22H47P. The van der Waals surface area contributed by atoms with Crippen LogP contribution in [0.4, 0.5) is 0 Å². The SMILES string of the molecule is CC.CCCC(=C1CCCC1C)[C@@H](C)[C@@H](C)PC.CCCCC. The number of hydrogen-bond acceptors (Lipinski definition) is 0. The van der Waals surface area contributed by atoms with E-state index in [1.165, 1.54) is 51.4 Å². The van der Waals surface area contributed by atoms with Crippen molar-refractivity contribution in [3.8, 4) is 0 Å². The molecule has 140 valence electrons. The van der Waals surface area contributed by atoms with E-state index >= 15 is 0 Å². The topological polar surface area (TPSA) is 0 Å². The molecule has 0 aromatic heterocycles. The van der Waals surface area contributed by atoms with Gasteiger partial charge >= 0.3 is 0 Å². The van der Waals surface area contributed by atoms with Crippen LogP contribution in [0.25, 0.3) is 0 Å². The van der Waals surface area contributed by atoms with E-state index < -0.39 is 0 Å². The van der Waals surface area contributed by atoms with Gasteiger partial charge in [-0.3, -0.25) is 0 Å². The quantitative estimate of drug-likeness (QED) is 0.321. The number of allylic oxidation sites excluding steroid dienone is 2. The summed E-state index contributed by atoms with van der Waals surface area (Å²) in [7, 11) is 1.08. The van der Waals surface area contributed by atoms with Gasteiger partial charge in [0.1, 0.15) is 0 Å². The average molecular weight is 343 g/mol. The molecule has 1 saturated carbocycles. The monoisotopic (exact) mass is 342 g/mol. The second-order valence-corrected chi connectivity index (χ2v) is 8.30. The highest BCUT2D eigenvalue weighted by molar-refractivity contribution is 7.37. The van der Waals surface area contributed by atoms with Crippen LogP contribution in [-0.2, 0) is 0 Å². The van der Waals surface area contributed by atoms with Gasteiger partial charge in [-0.05, 0) is 49.8 Å². The molecule has 1 fully saturated rings. The fourth-order valence-corrected chi connectivity index (χ4v) is 4.05. The van der Waals surface area contributed by atoms with Crippen LogP contribution in [0.2, 0.25) is 0 Å². The second kappa shape index (κ2) is 17.0. The summed E-state index contributed by atoms with van der Waals surface area (Å²) in [5, 5.41) is 0. The van der Waals surface area contributed by atoms with E-state index in [9.17, 15) is 0 Å². The standard InChI is InChI=1S/C15H29P.C5H12.C2H6/c1-6-8-15(12(3)13(4)16-5)14-10-7-9-11(14)2;1-3-5-4-2;1-2/h11-13,16H,6-10H2,1-5H3;3-5H2,1-2H3;1-2H3/t11?,12-,13+;;/m0../s1. The zero-order valence-corrected chi connectivity index (χ0v) is 18.9. The summed E-state index contributed by atoms with van der Waals surface area (Å²) in [5.41, 5.74) is 4.54. The first-order valence-corrected chi connectivity index (χ1v) is 12.0. The van der Waals surface area contributed by atoms with Crippen LogP contribution in [0.3, 0.4) is 0 Å². The van der Waals surface area contributed by atoms with Gasteiger partial charge in [0.15, 0.2) is 0 Å². The van der Waals surface area contributed by atoms with Crippen molar-refractivity contribution < 1.29 is 0 Å². The highest BCUT2D eigenvalue weighted by Gasteiger charge is 2.24. The second-order valence-electron chi connectivity index (χ2n) is 6.81. The predicted octanol–water partition coefficient (Wildman–Crippen LogP) is 8.46. The molecule has 0 spiro atoms. The van der Waals surface area contributed by atoms with Crippen molar-refractivity contribution in [3.63, 3.8) is 0 Å². The van der Waals surface area contributed by atoms with Gasteiger partial charge in [-0.25, -0.2) is 0 Å². The Morgan fingerprint density at radius 2 is 1.65 bits per heavy atom. The summed E-state index contributed by atoms with van der Waals surface area (Å²) >= 11 is 0. The molecule has 0 heterocycles. The molecule has 0 bridgehead atoms. The maximum absolute atomic E-state index is 2.46. The van der Waals surface area contributed by atoms with Crippen molar-refractivity contribution in [2.45, 2.75) is 112 Å². The smallest absolute Gasteiger partial charge is 0.0166 e.